The normalized spacial score (nSPS) is 35.2. The summed E-state index contributed by atoms with van der Waals surface area (Å²) in [7, 11) is -3.40. The van der Waals surface area contributed by atoms with E-state index in [2.05, 4.69) is 3.63 Å². The molecule has 6 heteroatoms. The van der Waals surface area contributed by atoms with E-state index in [0.717, 1.165) is 0 Å². The highest BCUT2D eigenvalue weighted by Gasteiger charge is 2.24. The molecule has 8 heavy (non-hydrogen) atoms. The summed E-state index contributed by atoms with van der Waals surface area (Å²) in [5.41, 5.74) is 0. The summed E-state index contributed by atoms with van der Waals surface area (Å²) in [6.45, 7) is 0. The lowest BCUT2D eigenvalue weighted by Gasteiger charge is -1.82. The van der Waals surface area contributed by atoms with Gasteiger partial charge in [0.1, 0.15) is 0 Å². The van der Waals surface area contributed by atoms with Crippen LogP contribution in [0.3, 0.4) is 0 Å². The van der Waals surface area contributed by atoms with Crippen molar-refractivity contribution in [3.63, 3.8) is 0 Å². The molecule has 0 radical (unpaired) electrons. The fourth-order valence-electron chi connectivity index (χ4n) is 0.354. The van der Waals surface area contributed by atoms with E-state index in [1.807, 2.05) is 0 Å². The van der Waals surface area contributed by atoms with Crippen LogP contribution in [0.2, 0.25) is 0 Å². The van der Waals surface area contributed by atoms with Gasteiger partial charge >= 0.3 is 0 Å². The maximum absolute atomic E-state index is 10.2. The second-order valence-corrected chi connectivity index (χ2v) is 4.42. The van der Waals surface area contributed by atoms with E-state index in [1.54, 1.807) is 0 Å². The van der Waals surface area contributed by atoms with Gasteiger partial charge < -0.3 is 0 Å². The van der Waals surface area contributed by atoms with Crippen molar-refractivity contribution < 1.29 is 16.3 Å². The van der Waals surface area contributed by atoms with Crippen LogP contribution >= 0.6 is 0 Å². The molecule has 0 aliphatic carbocycles. The third-order valence-corrected chi connectivity index (χ3v) is 3.62. The molecule has 1 heterocycles. The van der Waals surface area contributed by atoms with Crippen molar-refractivity contribution in [3.8, 4) is 0 Å². The lowest BCUT2D eigenvalue weighted by atomic mass is 11.0. The van der Waals surface area contributed by atoms with E-state index in [1.165, 1.54) is 0 Å². The van der Waals surface area contributed by atoms with Gasteiger partial charge in [-0.2, -0.15) is 12.0 Å². The third kappa shape index (κ3) is 1.27. The summed E-state index contributed by atoms with van der Waals surface area (Å²) in [5.74, 6) is 0.00193. The lowest BCUT2D eigenvalue weighted by molar-refractivity contribution is 0.512. The summed E-state index contributed by atoms with van der Waals surface area (Å²) in [5, 5.41) is 0. The zero-order valence-corrected chi connectivity index (χ0v) is 5.50. The third-order valence-electron chi connectivity index (χ3n) is 0.680. The van der Waals surface area contributed by atoms with Crippen LogP contribution in [-0.4, -0.2) is 24.1 Å². The van der Waals surface area contributed by atoms with Gasteiger partial charge in [-0.25, -0.2) is 4.21 Å². The Labute approximate surface area is 49.6 Å². The first-order valence-electron chi connectivity index (χ1n) is 1.91. The molecule has 0 N–H and O–H groups in total. The summed E-state index contributed by atoms with van der Waals surface area (Å²) in [4.78, 5) is 0. The van der Waals surface area contributed by atoms with Gasteiger partial charge in [0.25, 0.3) is 10.1 Å². The Bertz CT molecular complexity index is 202. The highest BCUT2D eigenvalue weighted by Crippen LogP contribution is 2.06. The molecule has 1 unspecified atom stereocenters. The van der Waals surface area contributed by atoms with Crippen LogP contribution in [0.4, 0.5) is 0 Å². The highest BCUT2D eigenvalue weighted by atomic mass is 32.3. The van der Waals surface area contributed by atoms with Crippen LogP contribution in [-0.2, 0) is 24.8 Å². The first-order chi connectivity index (χ1) is 3.60. The van der Waals surface area contributed by atoms with Gasteiger partial charge in [-0.3, -0.25) is 0 Å². The molecular weight excluding hydrogens is 152 g/mol. The Morgan fingerprint density at radius 3 is 2.25 bits per heavy atom. The minimum atomic E-state index is -3.40. The molecule has 1 aliphatic heterocycles. The topological polar surface area (TPSA) is 60.4 Å². The van der Waals surface area contributed by atoms with Gasteiger partial charge in [0.05, 0.1) is 11.5 Å². The Morgan fingerprint density at radius 1 is 1.50 bits per heavy atom. The van der Waals surface area contributed by atoms with Crippen LogP contribution in [0.5, 0.6) is 0 Å². The van der Waals surface area contributed by atoms with Crippen molar-refractivity contribution in [2.75, 3.05) is 11.5 Å². The number of rotatable bonds is 0. The predicted molar refractivity (Wildman–Crippen MR) is 27.9 cm³/mol. The Morgan fingerprint density at radius 2 is 2.12 bits per heavy atom. The smallest absolute Gasteiger partial charge is 0.229 e. The van der Waals surface area contributed by atoms with Gasteiger partial charge in [0, 0.05) is 0 Å². The Balaban J connectivity index is 2.86. The molecule has 0 spiro atoms. The van der Waals surface area contributed by atoms with E-state index in [9.17, 15) is 12.6 Å². The monoisotopic (exact) mass is 156 g/mol. The van der Waals surface area contributed by atoms with Crippen molar-refractivity contribution in [3.05, 3.63) is 0 Å². The molecule has 1 aliphatic rings. The maximum Gasteiger partial charge on any atom is 0.281 e. The van der Waals surface area contributed by atoms with Crippen LogP contribution < -0.4 is 0 Å². The van der Waals surface area contributed by atoms with Crippen molar-refractivity contribution >= 4 is 21.2 Å². The van der Waals surface area contributed by atoms with Crippen LogP contribution in [0, 0.1) is 0 Å². The Kier molecular flexibility index (Phi) is 1.38. The van der Waals surface area contributed by atoms with E-state index < -0.39 is 21.2 Å². The van der Waals surface area contributed by atoms with Gasteiger partial charge in [-0.15, -0.1) is 0 Å². The highest BCUT2D eigenvalue weighted by molar-refractivity contribution is 8.00. The second kappa shape index (κ2) is 1.78. The van der Waals surface area contributed by atoms with Crippen molar-refractivity contribution in [2.45, 2.75) is 0 Å². The molecule has 48 valence electrons. The van der Waals surface area contributed by atoms with E-state index in [-0.39, 0.29) is 11.5 Å². The van der Waals surface area contributed by atoms with Crippen molar-refractivity contribution in [1.82, 2.24) is 0 Å². The second-order valence-electron chi connectivity index (χ2n) is 1.34. The zero-order chi connectivity index (χ0) is 6.20. The largest absolute Gasteiger partial charge is 0.281 e. The number of hydrogen-bond donors (Lipinski definition) is 0. The first-order valence-corrected chi connectivity index (χ1v) is 4.73. The summed E-state index contributed by atoms with van der Waals surface area (Å²) in [6.07, 6.45) is 0. The minimum absolute atomic E-state index is 0.111. The molecule has 0 aromatic rings. The molecule has 1 rings (SSSR count). The quantitative estimate of drug-likeness (QED) is 0.452. The molecule has 0 aromatic carbocycles. The molecule has 0 amide bonds. The number of hydrogen-bond acceptors (Lipinski definition) is 4. The summed E-state index contributed by atoms with van der Waals surface area (Å²) >= 11 is -1.58. The van der Waals surface area contributed by atoms with Gasteiger partial charge in [0.15, 0.2) is 11.1 Å². The standard InChI is InChI=1S/C2H4O4S2/c3-7-1-2-8(4,5)6-7/h1-2H2. The molecule has 0 aromatic heterocycles. The summed E-state index contributed by atoms with van der Waals surface area (Å²) in [6, 6.07) is 0. The van der Waals surface area contributed by atoms with E-state index >= 15 is 0 Å². The fraction of sp³-hybridized carbons (Fsp3) is 1.00. The van der Waals surface area contributed by atoms with Crippen molar-refractivity contribution in [2.24, 2.45) is 0 Å². The molecule has 0 saturated carbocycles. The van der Waals surface area contributed by atoms with Gasteiger partial charge in [0.2, 0.25) is 0 Å². The minimum Gasteiger partial charge on any atom is -0.229 e. The zero-order valence-electron chi connectivity index (χ0n) is 3.86. The van der Waals surface area contributed by atoms with Crippen LogP contribution in [0.1, 0.15) is 0 Å². The maximum atomic E-state index is 10.2. The summed E-state index contributed by atoms with van der Waals surface area (Å²) < 4.78 is 34.6. The molecule has 1 atom stereocenters. The van der Waals surface area contributed by atoms with E-state index in [0.29, 0.717) is 0 Å². The Hall–Kier alpha value is 0.0600. The molecule has 1 fully saturated rings. The van der Waals surface area contributed by atoms with Gasteiger partial charge in [-0.05, 0) is 0 Å². The molecule has 1 saturated heterocycles. The average Bonchev–Trinajstić information content (AvgIpc) is 1.82. The average molecular weight is 156 g/mol. The van der Waals surface area contributed by atoms with E-state index in [4.69, 9.17) is 0 Å². The molecule has 4 nitrogen and oxygen atoms in total. The van der Waals surface area contributed by atoms with Crippen LogP contribution in [0.15, 0.2) is 0 Å². The molecular formula is C2H4O4S2. The van der Waals surface area contributed by atoms with Crippen LogP contribution in [0.25, 0.3) is 0 Å². The predicted octanol–water partition coefficient (Wildman–Crippen LogP) is -0.990. The van der Waals surface area contributed by atoms with Crippen molar-refractivity contribution in [1.29, 1.82) is 0 Å². The molecule has 0 bridgehead atoms. The first kappa shape index (κ1) is 6.18. The lowest BCUT2D eigenvalue weighted by Crippen LogP contribution is -1.97. The van der Waals surface area contributed by atoms with Gasteiger partial charge in [-0.1, -0.05) is 0 Å². The fourth-order valence-corrected chi connectivity index (χ4v) is 3.18. The SMILES string of the molecule is O=S1CCS(=O)(=O)O1.